The van der Waals surface area contributed by atoms with Crippen molar-refractivity contribution in [2.45, 2.75) is 23.0 Å². The molecule has 10 heteroatoms. The van der Waals surface area contributed by atoms with E-state index in [1.807, 2.05) is 0 Å². The molecule has 4 N–H and O–H groups in total. The SMILES string of the molecule is NS(=O)(=O)c1ccc(CCNCc2ccc(S(=O)(=O)O)o2)cc1. The quantitative estimate of drug-likeness (QED) is 0.482. The van der Waals surface area contributed by atoms with Crippen molar-refractivity contribution >= 4 is 20.1 Å². The normalized spacial score (nSPS) is 12.4. The first-order valence-electron chi connectivity index (χ1n) is 6.55. The molecule has 1 aromatic heterocycles. The summed E-state index contributed by atoms with van der Waals surface area (Å²) in [6, 6.07) is 8.86. The molecule has 0 atom stereocenters. The zero-order valence-corrected chi connectivity index (χ0v) is 13.6. The van der Waals surface area contributed by atoms with Crippen molar-refractivity contribution in [3.63, 3.8) is 0 Å². The predicted octanol–water partition coefficient (Wildman–Crippen LogP) is 0.506. The van der Waals surface area contributed by atoms with E-state index in [1.54, 1.807) is 12.1 Å². The maximum Gasteiger partial charge on any atom is 0.328 e. The lowest BCUT2D eigenvalue weighted by Crippen LogP contribution is -2.16. The first-order chi connectivity index (χ1) is 10.7. The first kappa shape index (κ1) is 17.6. The van der Waals surface area contributed by atoms with Gasteiger partial charge in [0.2, 0.25) is 15.1 Å². The number of sulfonamides is 1. The van der Waals surface area contributed by atoms with Crippen molar-refractivity contribution < 1.29 is 25.8 Å². The molecule has 0 saturated carbocycles. The highest BCUT2D eigenvalue weighted by molar-refractivity contribution is 7.89. The highest BCUT2D eigenvalue weighted by Gasteiger charge is 2.14. The molecule has 2 aromatic rings. The van der Waals surface area contributed by atoms with Crippen LogP contribution < -0.4 is 10.5 Å². The van der Waals surface area contributed by atoms with Crippen LogP contribution >= 0.6 is 0 Å². The third-order valence-electron chi connectivity index (χ3n) is 3.03. The molecule has 0 fully saturated rings. The van der Waals surface area contributed by atoms with Gasteiger partial charge in [-0.1, -0.05) is 12.1 Å². The van der Waals surface area contributed by atoms with Gasteiger partial charge >= 0.3 is 10.1 Å². The molecule has 8 nitrogen and oxygen atoms in total. The molecular formula is C13H16N2O6S2. The Morgan fingerprint density at radius 3 is 2.22 bits per heavy atom. The Morgan fingerprint density at radius 1 is 1.04 bits per heavy atom. The second kappa shape index (κ2) is 6.81. The lowest BCUT2D eigenvalue weighted by Gasteiger charge is -2.04. The lowest BCUT2D eigenvalue weighted by atomic mass is 10.1. The minimum Gasteiger partial charge on any atom is -0.446 e. The molecule has 0 aliphatic rings. The van der Waals surface area contributed by atoms with Crippen LogP contribution in [0, 0.1) is 0 Å². The highest BCUT2D eigenvalue weighted by Crippen LogP contribution is 2.13. The molecule has 1 heterocycles. The summed E-state index contributed by atoms with van der Waals surface area (Å²) >= 11 is 0. The van der Waals surface area contributed by atoms with Crippen LogP contribution in [0.3, 0.4) is 0 Å². The minimum atomic E-state index is -4.33. The summed E-state index contributed by atoms with van der Waals surface area (Å²) in [5, 5.41) is 7.57. The molecule has 2 rings (SSSR count). The van der Waals surface area contributed by atoms with Gasteiger partial charge in [0, 0.05) is 0 Å². The number of primary sulfonamides is 1. The van der Waals surface area contributed by atoms with Crippen molar-refractivity contribution in [1.29, 1.82) is 0 Å². The molecule has 126 valence electrons. The predicted molar refractivity (Wildman–Crippen MR) is 81.7 cm³/mol. The Balaban J connectivity index is 1.83. The van der Waals surface area contributed by atoms with Crippen LogP contribution in [0.25, 0.3) is 0 Å². The minimum absolute atomic E-state index is 0.0579. The van der Waals surface area contributed by atoms with Gasteiger partial charge in [-0.3, -0.25) is 4.55 Å². The number of benzene rings is 1. The van der Waals surface area contributed by atoms with E-state index in [0.717, 1.165) is 5.56 Å². The molecule has 0 unspecified atom stereocenters. The fourth-order valence-corrected chi connectivity index (χ4v) is 2.85. The Kier molecular flexibility index (Phi) is 5.22. The van der Waals surface area contributed by atoms with Crippen molar-refractivity contribution in [1.82, 2.24) is 5.32 Å². The molecule has 0 bridgehead atoms. The number of furan rings is 1. The Labute approximate surface area is 134 Å². The standard InChI is InChI=1S/C13H16N2O6S2/c14-22(16,17)12-4-1-10(2-5-12)7-8-15-9-11-3-6-13(21-11)23(18,19)20/h1-6,15H,7-9H2,(H2,14,16,17)(H,18,19,20). The van der Waals surface area contributed by atoms with E-state index in [0.29, 0.717) is 25.3 Å². The molecule has 0 aliphatic carbocycles. The average molecular weight is 360 g/mol. The maximum absolute atomic E-state index is 11.1. The molecule has 0 aliphatic heterocycles. The third-order valence-corrected chi connectivity index (χ3v) is 4.69. The van der Waals surface area contributed by atoms with Gasteiger partial charge in [-0.2, -0.15) is 8.42 Å². The van der Waals surface area contributed by atoms with E-state index >= 15 is 0 Å². The summed E-state index contributed by atoms with van der Waals surface area (Å²) in [5.74, 6) is 0.377. The van der Waals surface area contributed by atoms with Crippen molar-refractivity contribution in [2.75, 3.05) is 6.54 Å². The molecule has 0 spiro atoms. The summed E-state index contributed by atoms with van der Waals surface area (Å²) < 4.78 is 57.7. The van der Waals surface area contributed by atoms with E-state index < -0.39 is 25.2 Å². The van der Waals surface area contributed by atoms with Gasteiger partial charge in [-0.15, -0.1) is 0 Å². The van der Waals surface area contributed by atoms with Crippen molar-refractivity contribution in [3.05, 3.63) is 47.7 Å². The van der Waals surface area contributed by atoms with Gasteiger partial charge in [0.25, 0.3) is 0 Å². The van der Waals surface area contributed by atoms with Crippen LogP contribution in [0.15, 0.2) is 50.8 Å². The van der Waals surface area contributed by atoms with Gasteiger partial charge < -0.3 is 9.73 Å². The molecule has 0 saturated heterocycles. The summed E-state index contributed by atoms with van der Waals surface area (Å²) in [4.78, 5) is 0.0579. The van der Waals surface area contributed by atoms with Gasteiger partial charge in [0.05, 0.1) is 11.4 Å². The number of rotatable bonds is 7. The number of nitrogens with two attached hydrogens (primary N) is 1. The van der Waals surface area contributed by atoms with Gasteiger partial charge in [-0.25, -0.2) is 13.6 Å². The highest BCUT2D eigenvalue weighted by atomic mass is 32.2. The van der Waals surface area contributed by atoms with Crippen LogP contribution in [-0.2, 0) is 33.1 Å². The smallest absolute Gasteiger partial charge is 0.328 e. The summed E-state index contributed by atoms with van der Waals surface area (Å²) in [6.45, 7) is 0.863. The maximum atomic E-state index is 11.1. The van der Waals surface area contributed by atoms with Crippen LogP contribution in [-0.4, -0.2) is 27.9 Å². The van der Waals surface area contributed by atoms with E-state index in [2.05, 4.69) is 5.32 Å². The van der Waals surface area contributed by atoms with Crippen LogP contribution in [0.4, 0.5) is 0 Å². The van der Waals surface area contributed by atoms with E-state index in [4.69, 9.17) is 14.1 Å². The zero-order chi connectivity index (χ0) is 17.1. The summed E-state index contributed by atoms with van der Waals surface area (Å²) in [7, 11) is -8.01. The lowest BCUT2D eigenvalue weighted by molar-refractivity contribution is 0.378. The second-order valence-electron chi connectivity index (χ2n) is 4.81. The average Bonchev–Trinajstić information content (AvgIpc) is 2.92. The number of nitrogens with one attached hydrogen (secondary N) is 1. The fraction of sp³-hybridized carbons (Fsp3) is 0.231. The summed E-state index contributed by atoms with van der Waals surface area (Å²) in [5.41, 5.74) is 0.919. The largest absolute Gasteiger partial charge is 0.446 e. The van der Waals surface area contributed by atoms with Crippen LogP contribution in [0.1, 0.15) is 11.3 Å². The van der Waals surface area contributed by atoms with Gasteiger partial charge in [0.1, 0.15) is 5.76 Å². The zero-order valence-electron chi connectivity index (χ0n) is 12.0. The van der Waals surface area contributed by atoms with Gasteiger partial charge in [0.15, 0.2) is 0 Å². The topological polar surface area (TPSA) is 140 Å². The summed E-state index contributed by atoms with van der Waals surface area (Å²) in [6.07, 6.45) is 0.636. The van der Waals surface area contributed by atoms with Crippen molar-refractivity contribution in [2.24, 2.45) is 5.14 Å². The fourth-order valence-electron chi connectivity index (χ4n) is 1.88. The molecule has 0 radical (unpaired) electrons. The second-order valence-corrected chi connectivity index (χ2v) is 7.73. The van der Waals surface area contributed by atoms with Gasteiger partial charge in [-0.05, 0) is 42.8 Å². The molecule has 23 heavy (non-hydrogen) atoms. The number of hydrogen-bond acceptors (Lipinski definition) is 6. The van der Waals surface area contributed by atoms with Crippen LogP contribution in [0.5, 0.6) is 0 Å². The molecule has 1 aromatic carbocycles. The van der Waals surface area contributed by atoms with Crippen LogP contribution in [0.2, 0.25) is 0 Å². The Hall–Kier alpha value is -1.72. The van der Waals surface area contributed by atoms with E-state index in [1.165, 1.54) is 24.3 Å². The first-order valence-corrected chi connectivity index (χ1v) is 9.53. The van der Waals surface area contributed by atoms with Crippen molar-refractivity contribution in [3.8, 4) is 0 Å². The molecular weight excluding hydrogens is 344 g/mol. The Morgan fingerprint density at radius 2 is 1.70 bits per heavy atom. The monoisotopic (exact) mass is 360 g/mol. The third kappa shape index (κ3) is 5.15. The van der Waals surface area contributed by atoms with E-state index in [9.17, 15) is 16.8 Å². The Bertz CT molecular complexity index is 869. The molecule has 0 amide bonds. The number of hydrogen-bond donors (Lipinski definition) is 3. The van der Waals surface area contributed by atoms with E-state index in [-0.39, 0.29) is 4.90 Å².